The van der Waals surface area contributed by atoms with Gasteiger partial charge in [-0.25, -0.2) is 0 Å². The number of carbonyl (C=O) groups excluding carboxylic acids is 2. The van der Waals surface area contributed by atoms with E-state index in [-0.39, 0.29) is 23.8 Å². The lowest BCUT2D eigenvalue weighted by Crippen LogP contribution is -2.19. The fraction of sp³-hybridized carbons (Fsp3) is 0.364. The van der Waals surface area contributed by atoms with Crippen molar-refractivity contribution in [3.63, 3.8) is 0 Å². The van der Waals surface area contributed by atoms with Crippen molar-refractivity contribution in [3.8, 4) is 5.75 Å². The normalized spacial score (nSPS) is 16.0. The Morgan fingerprint density at radius 2 is 1.75 bits per heavy atom. The lowest BCUT2D eigenvalue weighted by Gasteiger charge is -2.15. The molecule has 1 heterocycles. The van der Waals surface area contributed by atoms with Crippen molar-refractivity contribution in [1.29, 1.82) is 0 Å². The maximum atomic E-state index is 12.7. The van der Waals surface area contributed by atoms with E-state index in [4.69, 9.17) is 9.47 Å². The highest BCUT2D eigenvalue weighted by molar-refractivity contribution is 6.06. The van der Waals surface area contributed by atoms with E-state index in [9.17, 15) is 9.59 Å². The summed E-state index contributed by atoms with van der Waals surface area (Å²) in [6.07, 6.45) is 2.11. The van der Waals surface area contributed by atoms with Crippen molar-refractivity contribution >= 4 is 23.2 Å². The van der Waals surface area contributed by atoms with Crippen molar-refractivity contribution in [2.24, 2.45) is 5.92 Å². The van der Waals surface area contributed by atoms with Crippen molar-refractivity contribution in [1.82, 2.24) is 0 Å². The number of rotatable bonds is 7. The first-order valence-electron chi connectivity index (χ1n) is 9.58. The Hall–Kier alpha value is -2.86. The Bertz CT molecular complexity index is 812. The van der Waals surface area contributed by atoms with Gasteiger partial charge in [0.05, 0.1) is 11.7 Å². The van der Waals surface area contributed by atoms with E-state index >= 15 is 0 Å². The van der Waals surface area contributed by atoms with Gasteiger partial charge in [-0.2, -0.15) is 0 Å². The summed E-state index contributed by atoms with van der Waals surface area (Å²) in [5.74, 6) is 0.151. The van der Waals surface area contributed by atoms with Crippen LogP contribution in [-0.2, 0) is 9.53 Å². The molecule has 0 bridgehead atoms. The molecule has 2 aromatic carbocycles. The lowest BCUT2D eigenvalue weighted by atomic mass is 10.1. The van der Waals surface area contributed by atoms with Crippen LogP contribution in [0.15, 0.2) is 48.5 Å². The molecule has 148 valence electrons. The van der Waals surface area contributed by atoms with Crippen LogP contribution in [0.25, 0.3) is 0 Å². The van der Waals surface area contributed by atoms with Crippen LogP contribution in [0.3, 0.4) is 0 Å². The van der Waals surface area contributed by atoms with Gasteiger partial charge in [0.15, 0.2) is 0 Å². The number of carbonyl (C=O) groups is 2. The third kappa shape index (κ3) is 5.33. The minimum atomic E-state index is -0.248. The molecule has 0 saturated carbocycles. The van der Waals surface area contributed by atoms with E-state index in [1.54, 1.807) is 42.5 Å². The third-order valence-electron chi connectivity index (χ3n) is 4.52. The molecule has 1 aliphatic heterocycles. The molecule has 1 fully saturated rings. The predicted molar refractivity (Wildman–Crippen MR) is 109 cm³/mol. The molecule has 6 nitrogen and oxygen atoms in total. The molecule has 3 rings (SSSR count). The van der Waals surface area contributed by atoms with Crippen molar-refractivity contribution < 1.29 is 19.1 Å². The molecule has 6 heteroatoms. The molecule has 2 amide bonds. The van der Waals surface area contributed by atoms with Crippen LogP contribution >= 0.6 is 0 Å². The number of ether oxygens (including phenoxy) is 2. The average molecular weight is 382 g/mol. The van der Waals surface area contributed by atoms with Gasteiger partial charge in [0.2, 0.25) is 5.91 Å². The van der Waals surface area contributed by atoms with Gasteiger partial charge >= 0.3 is 0 Å². The smallest absolute Gasteiger partial charge is 0.259 e. The second-order valence-corrected chi connectivity index (χ2v) is 7.12. The fourth-order valence-corrected chi connectivity index (χ4v) is 2.86. The molecule has 0 radical (unpaired) electrons. The van der Waals surface area contributed by atoms with Gasteiger partial charge in [0.1, 0.15) is 12.4 Å². The molecule has 0 aliphatic carbocycles. The molecular formula is C22H26N2O4. The third-order valence-corrected chi connectivity index (χ3v) is 4.52. The van der Waals surface area contributed by atoms with E-state index < -0.39 is 0 Å². The number of para-hydroxylation sites is 1. The van der Waals surface area contributed by atoms with Crippen molar-refractivity contribution in [2.45, 2.75) is 32.8 Å². The Morgan fingerprint density at radius 1 is 1.07 bits per heavy atom. The molecule has 0 spiro atoms. The van der Waals surface area contributed by atoms with Crippen LogP contribution in [-0.4, -0.2) is 31.1 Å². The minimum Gasteiger partial charge on any atom is -0.490 e. The summed E-state index contributed by atoms with van der Waals surface area (Å²) in [7, 11) is 0. The molecule has 0 aromatic heterocycles. The van der Waals surface area contributed by atoms with Crippen molar-refractivity contribution in [3.05, 3.63) is 54.1 Å². The number of hydrogen-bond acceptors (Lipinski definition) is 4. The van der Waals surface area contributed by atoms with E-state index in [0.717, 1.165) is 19.4 Å². The Balaban J connectivity index is 1.62. The van der Waals surface area contributed by atoms with E-state index in [0.29, 0.717) is 29.3 Å². The van der Waals surface area contributed by atoms with Crippen LogP contribution < -0.4 is 15.4 Å². The summed E-state index contributed by atoms with van der Waals surface area (Å²) in [4.78, 5) is 24.4. The second kappa shape index (κ2) is 9.37. The van der Waals surface area contributed by atoms with Crippen LogP contribution in [0.5, 0.6) is 5.75 Å². The quantitative estimate of drug-likeness (QED) is 0.756. The molecule has 1 saturated heterocycles. The summed E-state index contributed by atoms with van der Waals surface area (Å²) in [6.45, 7) is 4.88. The first-order chi connectivity index (χ1) is 13.5. The highest BCUT2D eigenvalue weighted by atomic mass is 16.5. The number of anilines is 2. The van der Waals surface area contributed by atoms with Gasteiger partial charge in [-0.3, -0.25) is 9.59 Å². The number of hydrogen-bond donors (Lipinski definition) is 2. The summed E-state index contributed by atoms with van der Waals surface area (Å²) < 4.78 is 11.4. The Labute approximate surface area is 165 Å². The van der Waals surface area contributed by atoms with Crippen LogP contribution in [0.1, 0.15) is 37.0 Å². The standard InChI is InChI=1S/C22H26N2O4/c1-15(2)21(25)23-16-9-11-17(12-10-16)24-22(26)19-7-3-4-8-20(19)28-14-18-6-5-13-27-18/h3-4,7-12,15,18H,5-6,13-14H2,1-2H3,(H,23,25)(H,24,26)/t18-/m0/s1. The summed E-state index contributed by atoms with van der Waals surface area (Å²) >= 11 is 0. The zero-order valence-electron chi connectivity index (χ0n) is 16.2. The monoisotopic (exact) mass is 382 g/mol. The first kappa shape index (κ1) is 19.9. The molecule has 2 N–H and O–H groups in total. The van der Waals surface area contributed by atoms with E-state index in [1.165, 1.54) is 0 Å². The van der Waals surface area contributed by atoms with E-state index in [1.807, 2.05) is 19.9 Å². The molecule has 28 heavy (non-hydrogen) atoms. The maximum Gasteiger partial charge on any atom is 0.259 e. The van der Waals surface area contributed by atoms with Crippen LogP contribution in [0, 0.1) is 5.92 Å². The number of benzene rings is 2. The second-order valence-electron chi connectivity index (χ2n) is 7.12. The number of nitrogens with one attached hydrogen (secondary N) is 2. The molecular weight excluding hydrogens is 356 g/mol. The van der Waals surface area contributed by atoms with Gasteiger partial charge in [-0.1, -0.05) is 26.0 Å². The van der Waals surface area contributed by atoms with Gasteiger partial charge in [-0.15, -0.1) is 0 Å². The topological polar surface area (TPSA) is 76.7 Å². The predicted octanol–water partition coefficient (Wildman–Crippen LogP) is 4.09. The van der Waals surface area contributed by atoms with Crippen molar-refractivity contribution in [2.75, 3.05) is 23.8 Å². The Morgan fingerprint density at radius 3 is 2.39 bits per heavy atom. The SMILES string of the molecule is CC(C)C(=O)Nc1ccc(NC(=O)c2ccccc2OC[C@@H]2CCCO2)cc1. The average Bonchev–Trinajstić information content (AvgIpc) is 3.21. The minimum absolute atomic E-state index is 0.0471. The zero-order chi connectivity index (χ0) is 19.9. The summed E-state index contributed by atoms with van der Waals surface area (Å²) in [6, 6.07) is 14.2. The Kier molecular flexibility index (Phi) is 6.66. The van der Waals surface area contributed by atoms with Gasteiger partial charge in [0, 0.05) is 23.9 Å². The largest absolute Gasteiger partial charge is 0.490 e. The highest BCUT2D eigenvalue weighted by Crippen LogP contribution is 2.22. The summed E-state index contributed by atoms with van der Waals surface area (Å²) in [5.41, 5.74) is 1.80. The lowest BCUT2D eigenvalue weighted by molar-refractivity contribution is -0.118. The zero-order valence-corrected chi connectivity index (χ0v) is 16.2. The van der Waals surface area contributed by atoms with E-state index in [2.05, 4.69) is 10.6 Å². The van der Waals surface area contributed by atoms with Crippen LogP contribution in [0.4, 0.5) is 11.4 Å². The maximum absolute atomic E-state index is 12.7. The van der Waals surface area contributed by atoms with Gasteiger partial charge in [0.25, 0.3) is 5.91 Å². The molecule has 0 unspecified atom stereocenters. The highest BCUT2D eigenvalue weighted by Gasteiger charge is 2.18. The van der Waals surface area contributed by atoms with Gasteiger partial charge < -0.3 is 20.1 Å². The molecule has 1 atom stereocenters. The summed E-state index contributed by atoms with van der Waals surface area (Å²) in [5, 5.41) is 5.69. The molecule has 2 aromatic rings. The molecule has 1 aliphatic rings. The number of amides is 2. The van der Waals surface area contributed by atoms with Gasteiger partial charge in [-0.05, 0) is 49.2 Å². The van der Waals surface area contributed by atoms with Crippen LogP contribution in [0.2, 0.25) is 0 Å². The fourth-order valence-electron chi connectivity index (χ4n) is 2.86. The first-order valence-corrected chi connectivity index (χ1v) is 9.58.